The molecule has 8 nitrogen and oxygen atoms in total. The van der Waals surface area contributed by atoms with Crippen LogP contribution in [0.15, 0.2) is 78.8 Å². The minimum absolute atomic E-state index is 0.0729. The fourth-order valence-electron chi connectivity index (χ4n) is 3.65. The topological polar surface area (TPSA) is 101 Å². The third-order valence-corrected chi connectivity index (χ3v) is 5.33. The van der Waals surface area contributed by atoms with E-state index in [2.05, 4.69) is 24.0 Å². The van der Waals surface area contributed by atoms with E-state index in [1.807, 2.05) is 36.4 Å². The molecule has 0 spiro atoms. The number of benzene rings is 2. The summed E-state index contributed by atoms with van der Waals surface area (Å²) in [4.78, 5) is 18.2. The fraction of sp³-hybridized carbons (Fsp3) is 0.308. The van der Waals surface area contributed by atoms with Crippen molar-refractivity contribution in [3.05, 3.63) is 85.0 Å². The zero-order valence-corrected chi connectivity index (χ0v) is 19.3. The molecule has 0 aliphatic carbocycles. The molecule has 0 unspecified atom stereocenters. The summed E-state index contributed by atoms with van der Waals surface area (Å²) < 4.78 is 17.3. The molecule has 1 aliphatic rings. The number of ether oxygens (including phenoxy) is 3. The van der Waals surface area contributed by atoms with Gasteiger partial charge in [0.1, 0.15) is 11.5 Å². The highest BCUT2D eigenvalue weighted by Gasteiger charge is 2.52. The number of carbonyl (C=O) groups excluding carboxylic acids is 1. The molecule has 2 atom stereocenters. The first kappa shape index (κ1) is 25.0. The van der Waals surface area contributed by atoms with E-state index in [1.54, 1.807) is 31.4 Å². The highest BCUT2D eigenvalue weighted by Crippen LogP contribution is 2.43. The van der Waals surface area contributed by atoms with Crippen molar-refractivity contribution in [2.24, 2.45) is 4.99 Å². The lowest BCUT2D eigenvalue weighted by atomic mass is 9.84. The zero-order valence-electron chi connectivity index (χ0n) is 19.3. The first-order valence-corrected chi connectivity index (χ1v) is 11.1. The van der Waals surface area contributed by atoms with Gasteiger partial charge in [-0.1, -0.05) is 24.3 Å². The number of nitrogens with one attached hydrogen (secondary N) is 2. The van der Waals surface area contributed by atoms with E-state index in [9.17, 15) is 4.79 Å². The summed E-state index contributed by atoms with van der Waals surface area (Å²) in [6, 6.07) is 14.7. The van der Waals surface area contributed by atoms with Gasteiger partial charge in [-0.2, -0.15) is 0 Å². The van der Waals surface area contributed by atoms with Crippen LogP contribution in [0.4, 0.5) is 0 Å². The van der Waals surface area contributed by atoms with Crippen molar-refractivity contribution in [3.8, 4) is 11.5 Å². The Hall–Kier alpha value is -3.62. The normalized spacial score (nSPS) is 19.0. The molecular formula is C26H31N3O5. The standard InChI is InChI=1S/C26H31N3O5/c1-4-14-26(25(31)29-27-15-5-2)23(20-8-6-9-22(18-20)32-3)34-24(28-26)19-10-12-21(13-11-19)33-17-7-16-30/h4-6,8-13,18,23,27,30H,1-2,7,14-17H2,3H3,(H,29,31)/t23-,26-/m0/s1. The van der Waals surface area contributed by atoms with Crippen molar-refractivity contribution in [1.82, 2.24) is 10.9 Å². The van der Waals surface area contributed by atoms with E-state index >= 15 is 0 Å². The maximum Gasteiger partial charge on any atom is 0.266 e. The van der Waals surface area contributed by atoms with Gasteiger partial charge in [-0.05, 0) is 42.0 Å². The van der Waals surface area contributed by atoms with E-state index in [4.69, 9.17) is 24.3 Å². The summed E-state index contributed by atoms with van der Waals surface area (Å²) >= 11 is 0. The van der Waals surface area contributed by atoms with Crippen LogP contribution in [0.1, 0.15) is 30.1 Å². The lowest BCUT2D eigenvalue weighted by molar-refractivity contribution is -0.129. The molecule has 180 valence electrons. The maximum atomic E-state index is 13.4. The zero-order chi connectivity index (χ0) is 24.4. The Labute approximate surface area is 199 Å². The van der Waals surface area contributed by atoms with Gasteiger partial charge < -0.3 is 19.3 Å². The Morgan fingerprint density at radius 1 is 1.21 bits per heavy atom. The Kier molecular flexibility index (Phi) is 8.84. The summed E-state index contributed by atoms with van der Waals surface area (Å²) in [6.45, 7) is 8.40. The van der Waals surface area contributed by atoms with Gasteiger partial charge in [-0.3, -0.25) is 10.2 Å². The average Bonchev–Trinajstić information content (AvgIpc) is 3.25. The minimum Gasteiger partial charge on any atom is -0.497 e. The number of hydrazine groups is 1. The number of aliphatic hydroxyl groups is 1. The number of amides is 1. The van der Waals surface area contributed by atoms with Gasteiger partial charge >= 0.3 is 0 Å². The van der Waals surface area contributed by atoms with Crippen LogP contribution in [0.3, 0.4) is 0 Å². The maximum absolute atomic E-state index is 13.4. The van der Waals surface area contributed by atoms with Gasteiger partial charge in [0.25, 0.3) is 5.91 Å². The van der Waals surface area contributed by atoms with Gasteiger partial charge in [0, 0.05) is 31.6 Å². The first-order valence-electron chi connectivity index (χ1n) is 11.1. The molecule has 0 saturated carbocycles. The second-order valence-corrected chi connectivity index (χ2v) is 7.68. The van der Waals surface area contributed by atoms with E-state index in [0.717, 1.165) is 5.56 Å². The molecule has 3 rings (SSSR count). The van der Waals surface area contributed by atoms with Crippen LogP contribution in [0, 0.1) is 0 Å². The van der Waals surface area contributed by atoms with E-state index in [0.29, 0.717) is 42.5 Å². The quantitative estimate of drug-likeness (QED) is 0.239. The van der Waals surface area contributed by atoms with Crippen LogP contribution >= 0.6 is 0 Å². The molecule has 0 fully saturated rings. The molecular weight excluding hydrogens is 434 g/mol. The minimum atomic E-state index is -1.28. The van der Waals surface area contributed by atoms with Gasteiger partial charge in [0.2, 0.25) is 5.90 Å². The number of methoxy groups -OCH3 is 1. The molecule has 0 aromatic heterocycles. The number of rotatable bonds is 13. The van der Waals surface area contributed by atoms with Crippen molar-refractivity contribution >= 4 is 11.8 Å². The molecule has 3 N–H and O–H groups in total. The summed E-state index contributed by atoms with van der Waals surface area (Å²) in [7, 11) is 1.59. The lowest BCUT2D eigenvalue weighted by Gasteiger charge is -2.29. The summed E-state index contributed by atoms with van der Waals surface area (Å²) in [5, 5.41) is 8.92. The van der Waals surface area contributed by atoms with Crippen molar-refractivity contribution < 1.29 is 24.1 Å². The number of carbonyl (C=O) groups is 1. The van der Waals surface area contributed by atoms with Crippen LogP contribution in [0.5, 0.6) is 11.5 Å². The third-order valence-electron chi connectivity index (χ3n) is 5.33. The SMILES string of the molecule is C=CCNNC(=O)[C@@]1(CC=C)N=C(c2ccc(OCCCO)cc2)O[C@H]1c1cccc(OC)c1. The Morgan fingerprint density at radius 3 is 2.68 bits per heavy atom. The molecule has 8 heteroatoms. The fourth-order valence-corrected chi connectivity index (χ4v) is 3.65. The molecule has 1 amide bonds. The van der Waals surface area contributed by atoms with Crippen LogP contribution in [0.2, 0.25) is 0 Å². The average molecular weight is 466 g/mol. The van der Waals surface area contributed by atoms with Crippen LogP contribution in [-0.4, -0.2) is 49.3 Å². The van der Waals surface area contributed by atoms with E-state index in [1.165, 1.54) is 0 Å². The second kappa shape index (κ2) is 12.0. The lowest BCUT2D eigenvalue weighted by Crippen LogP contribution is -2.52. The van der Waals surface area contributed by atoms with Gasteiger partial charge in [-0.25, -0.2) is 10.4 Å². The molecule has 34 heavy (non-hydrogen) atoms. The van der Waals surface area contributed by atoms with Crippen LogP contribution in [0.25, 0.3) is 0 Å². The first-order chi connectivity index (χ1) is 16.6. The molecule has 2 aromatic carbocycles. The largest absolute Gasteiger partial charge is 0.497 e. The third kappa shape index (κ3) is 5.65. The number of hydrogen-bond acceptors (Lipinski definition) is 7. The van der Waals surface area contributed by atoms with E-state index < -0.39 is 11.6 Å². The summed E-state index contributed by atoms with van der Waals surface area (Å²) in [5.41, 5.74) is 5.74. The van der Waals surface area contributed by atoms with Gasteiger partial charge in [-0.15, -0.1) is 13.2 Å². The predicted octanol–water partition coefficient (Wildman–Crippen LogP) is 3.10. The van der Waals surface area contributed by atoms with E-state index in [-0.39, 0.29) is 18.9 Å². The molecule has 0 bridgehead atoms. The highest BCUT2D eigenvalue weighted by molar-refractivity contribution is 6.01. The van der Waals surface area contributed by atoms with Crippen molar-refractivity contribution in [2.75, 3.05) is 26.9 Å². The van der Waals surface area contributed by atoms with Crippen molar-refractivity contribution in [3.63, 3.8) is 0 Å². The second-order valence-electron chi connectivity index (χ2n) is 7.68. The Bertz CT molecular complexity index is 1020. The van der Waals surface area contributed by atoms with Crippen molar-refractivity contribution in [1.29, 1.82) is 0 Å². The Morgan fingerprint density at radius 2 is 2.00 bits per heavy atom. The van der Waals surface area contributed by atoms with Gasteiger partial charge in [0.05, 0.1) is 13.7 Å². The summed E-state index contributed by atoms with van der Waals surface area (Å²) in [6.07, 6.45) is 3.40. The molecule has 1 aliphatic heterocycles. The molecule has 1 heterocycles. The molecule has 0 saturated heterocycles. The predicted molar refractivity (Wildman–Crippen MR) is 131 cm³/mol. The number of aliphatic imine (C=N–C) groups is 1. The number of hydrogen-bond donors (Lipinski definition) is 3. The highest BCUT2D eigenvalue weighted by atomic mass is 16.5. The number of aliphatic hydroxyl groups excluding tert-OH is 1. The molecule has 0 radical (unpaired) electrons. The van der Waals surface area contributed by atoms with Crippen LogP contribution in [-0.2, 0) is 9.53 Å². The smallest absolute Gasteiger partial charge is 0.266 e. The monoisotopic (exact) mass is 465 g/mol. The Balaban J connectivity index is 1.98. The van der Waals surface area contributed by atoms with Gasteiger partial charge in [0.15, 0.2) is 11.6 Å². The summed E-state index contributed by atoms with van der Waals surface area (Å²) in [5.74, 6) is 1.32. The van der Waals surface area contributed by atoms with Crippen LogP contribution < -0.4 is 20.3 Å². The molecule has 2 aromatic rings. The van der Waals surface area contributed by atoms with Crippen molar-refractivity contribution in [2.45, 2.75) is 24.5 Å². The number of nitrogens with zero attached hydrogens (tertiary/aromatic N) is 1.